The van der Waals surface area contributed by atoms with Gasteiger partial charge in [-0.25, -0.2) is 4.39 Å². The van der Waals surface area contributed by atoms with E-state index >= 15 is 0 Å². The highest BCUT2D eigenvalue weighted by Gasteiger charge is 2.25. The highest BCUT2D eigenvalue weighted by molar-refractivity contribution is 5.98. The van der Waals surface area contributed by atoms with E-state index in [1.165, 1.54) is 23.9 Å². The average Bonchev–Trinajstić information content (AvgIpc) is 3.42. The van der Waals surface area contributed by atoms with E-state index in [0.29, 0.717) is 11.3 Å². The van der Waals surface area contributed by atoms with Crippen LogP contribution in [0.5, 0.6) is 5.75 Å². The Morgan fingerprint density at radius 1 is 1.00 bits per heavy atom. The quantitative estimate of drug-likeness (QED) is 0.197. The number of nitrogens with two attached hydrogens (primary N) is 1. The van der Waals surface area contributed by atoms with Crippen molar-refractivity contribution in [1.29, 1.82) is 0 Å². The molecular formula is C34H33FN4O2. The number of phenolic OH excluding ortho intramolecular Hbond substituents is 1. The number of aromatic hydroxyl groups is 1. The zero-order chi connectivity index (χ0) is 28.5. The molecule has 1 fully saturated rings. The number of fused-ring (bicyclic) bond motifs is 1. The van der Waals surface area contributed by atoms with E-state index < -0.39 is 11.9 Å². The van der Waals surface area contributed by atoms with Gasteiger partial charge in [0.05, 0.1) is 6.04 Å². The average molecular weight is 549 g/mol. The van der Waals surface area contributed by atoms with Crippen LogP contribution in [0.25, 0.3) is 22.0 Å². The summed E-state index contributed by atoms with van der Waals surface area (Å²) < 4.78 is 14.3. The van der Waals surface area contributed by atoms with Crippen LogP contribution in [0, 0.1) is 12.7 Å². The maximum absolute atomic E-state index is 14.3. The van der Waals surface area contributed by atoms with Gasteiger partial charge in [-0.3, -0.25) is 4.79 Å². The van der Waals surface area contributed by atoms with E-state index in [1.807, 2.05) is 49.4 Å². The molecule has 5 aromatic rings. The highest BCUT2D eigenvalue weighted by atomic mass is 19.1. The minimum absolute atomic E-state index is 0.100. The second-order valence-electron chi connectivity index (χ2n) is 10.8. The molecule has 1 aliphatic heterocycles. The minimum atomic E-state index is -0.800. The molecule has 4 aromatic carbocycles. The van der Waals surface area contributed by atoms with Crippen LogP contribution in [0.2, 0.25) is 0 Å². The lowest BCUT2D eigenvalue weighted by Gasteiger charge is -2.32. The number of carbonyl (C=O) groups is 1. The fraction of sp³-hybridized carbons (Fsp3) is 0.206. The maximum atomic E-state index is 14.3. The van der Waals surface area contributed by atoms with Crippen molar-refractivity contribution >= 4 is 22.5 Å². The number of nitrogens with one attached hydrogen (secondary N) is 2. The molecule has 0 bridgehead atoms. The molecule has 6 nitrogen and oxygen atoms in total. The number of anilines is 1. The molecule has 1 aromatic heterocycles. The first-order chi connectivity index (χ1) is 19.9. The van der Waals surface area contributed by atoms with E-state index in [0.717, 1.165) is 53.5 Å². The van der Waals surface area contributed by atoms with Crippen LogP contribution in [-0.2, 0) is 0 Å². The lowest BCUT2D eigenvalue weighted by atomic mass is 9.95. The van der Waals surface area contributed by atoms with Gasteiger partial charge >= 0.3 is 0 Å². The first-order valence-electron chi connectivity index (χ1n) is 13.9. The van der Waals surface area contributed by atoms with Gasteiger partial charge in [0.1, 0.15) is 11.6 Å². The van der Waals surface area contributed by atoms with Gasteiger partial charge in [-0.2, -0.15) is 0 Å². The summed E-state index contributed by atoms with van der Waals surface area (Å²) in [5, 5.41) is 14.7. The Hall–Kier alpha value is -4.62. The summed E-state index contributed by atoms with van der Waals surface area (Å²) in [5.74, 6) is -0.920. The number of H-pyrrole nitrogens is 1. The van der Waals surface area contributed by atoms with Crippen molar-refractivity contribution in [2.24, 2.45) is 5.73 Å². The standard InChI is InChI=1S/C34H33FN4O2/c1-21-27(22-9-12-26(13-10-22)39-17-15-25(36)16-18-39)6-4-7-28(21)34(41)38-33(29-20-24(35)11-14-32(29)40)31-19-23-5-2-3-8-30(23)37-31/h2-14,19-20,25,33,37,40H,15-18,36H2,1H3,(H,38,41). The Bertz CT molecular complexity index is 1670. The molecule has 0 spiro atoms. The largest absolute Gasteiger partial charge is 0.508 e. The number of benzene rings is 4. The third kappa shape index (κ3) is 5.41. The van der Waals surface area contributed by atoms with Gasteiger partial charge in [-0.1, -0.05) is 42.5 Å². The molecule has 0 radical (unpaired) electrons. The van der Waals surface area contributed by atoms with Crippen LogP contribution in [0.15, 0.2) is 91.0 Å². The van der Waals surface area contributed by atoms with Crippen LogP contribution in [-0.4, -0.2) is 35.1 Å². The Morgan fingerprint density at radius 2 is 1.76 bits per heavy atom. The van der Waals surface area contributed by atoms with Gasteiger partial charge < -0.3 is 26.0 Å². The van der Waals surface area contributed by atoms with Crippen LogP contribution in [0.3, 0.4) is 0 Å². The molecule has 7 heteroatoms. The zero-order valence-electron chi connectivity index (χ0n) is 22.9. The summed E-state index contributed by atoms with van der Waals surface area (Å²) in [6.07, 6.45) is 1.98. The fourth-order valence-electron chi connectivity index (χ4n) is 5.74. The molecule has 0 aliphatic carbocycles. The van der Waals surface area contributed by atoms with E-state index in [-0.39, 0.29) is 23.3 Å². The van der Waals surface area contributed by atoms with Crippen molar-refractivity contribution in [3.8, 4) is 16.9 Å². The van der Waals surface area contributed by atoms with E-state index in [2.05, 4.69) is 39.5 Å². The van der Waals surface area contributed by atoms with Crippen LogP contribution in [0.1, 0.15) is 46.1 Å². The van der Waals surface area contributed by atoms with Gasteiger partial charge in [0.2, 0.25) is 0 Å². The van der Waals surface area contributed by atoms with Crippen molar-refractivity contribution in [3.05, 3.63) is 119 Å². The first-order valence-corrected chi connectivity index (χ1v) is 13.9. The molecule has 41 heavy (non-hydrogen) atoms. The number of para-hydroxylation sites is 1. The molecule has 1 saturated heterocycles. The van der Waals surface area contributed by atoms with Crippen molar-refractivity contribution in [3.63, 3.8) is 0 Å². The van der Waals surface area contributed by atoms with Crippen LogP contribution in [0.4, 0.5) is 10.1 Å². The summed E-state index contributed by atoms with van der Waals surface area (Å²) in [5.41, 5.74) is 12.4. The third-order valence-corrected chi connectivity index (χ3v) is 8.10. The predicted octanol–water partition coefficient (Wildman–Crippen LogP) is 6.43. The summed E-state index contributed by atoms with van der Waals surface area (Å²) in [7, 11) is 0. The predicted molar refractivity (Wildman–Crippen MR) is 162 cm³/mol. The number of hydrogen-bond donors (Lipinski definition) is 4. The van der Waals surface area contributed by atoms with E-state index in [9.17, 15) is 14.3 Å². The van der Waals surface area contributed by atoms with E-state index in [1.54, 1.807) is 6.07 Å². The Morgan fingerprint density at radius 3 is 2.51 bits per heavy atom. The van der Waals surface area contributed by atoms with Crippen LogP contribution >= 0.6 is 0 Å². The number of halogens is 1. The Balaban J connectivity index is 1.31. The molecule has 1 aliphatic rings. The second kappa shape index (κ2) is 11.1. The van der Waals surface area contributed by atoms with Gasteiger partial charge in [0.25, 0.3) is 5.91 Å². The van der Waals surface area contributed by atoms with Crippen molar-refractivity contribution in [2.75, 3.05) is 18.0 Å². The second-order valence-corrected chi connectivity index (χ2v) is 10.8. The number of carbonyl (C=O) groups excluding carboxylic acids is 1. The van der Waals surface area contributed by atoms with Crippen molar-refractivity contribution in [1.82, 2.24) is 10.3 Å². The molecule has 1 amide bonds. The van der Waals surface area contributed by atoms with Gasteiger partial charge in [0.15, 0.2) is 0 Å². The fourth-order valence-corrected chi connectivity index (χ4v) is 5.74. The molecule has 5 N–H and O–H groups in total. The van der Waals surface area contributed by atoms with Crippen molar-refractivity contribution in [2.45, 2.75) is 31.8 Å². The highest BCUT2D eigenvalue weighted by Crippen LogP contribution is 2.33. The number of piperidine rings is 1. The Kier molecular flexibility index (Phi) is 7.20. The topological polar surface area (TPSA) is 94.4 Å². The number of amides is 1. The lowest BCUT2D eigenvalue weighted by Crippen LogP contribution is -2.39. The summed E-state index contributed by atoms with van der Waals surface area (Å²) in [6, 6.07) is 27.0. The normalized spacial score (nSPS) is 14.8. The molecule has 1 unspecified atom stereocenters. The maximum Gasteiger partial charge on any atom is 0.252 e. The summed E-state index contributed by atoms with van der Waals surface area (Å²) in [6.45, 7) is 3.84. The Labute approximate surface area is 238 Å². The van der Waals surface area contributed by atoms with Gasteiger partial charge in [-0.15, -0.1) is 0 Å². The van der Waals surface area contributed by atoms with E-state index in [4.69, 9.17) is 5.73 Å². The minimum Gasteiger partial charge on any atom is -0.508 e. The molecule has 1 atom stereocenters. The van der Waals surface area contributed by atoms with Crippen molar-refractivity contribution < 1.29 is 14.3 Å². The third-order valence-electron chi connectivity index (χ3n) is 8.10. The summed E-state index contributed by atoms with van der Waals surface area (Å²) >= 11 is 0. The SMILES string of the molecule is Cc1c(C(=O)NC(c2cc3ccccc3[nH]2)c2cc(F)ccc2O)cccc1-c1ccc(N2CCC(N)CC2)cc1. The molecule has 0 saturated carbocycles. The lowest BCUT2D eigenvalue weighted by molar-refractivity contribution is 0.0941. The number of aromatic nitrogens is 1. The van der Waals surface area contributed by atoms with Crippen LogP contribution < -0.4 is 16.0 Å². The molecular weight excluding hydrogens is 515 g/mol. The first kappa shape index (κ1) is 26.6. The molecule has 2 heterocycles. The number of aromatic amines is 1. The number of nitrogens with zero attached hydrogens (tertiary/aromatic N) is 1. The smallest absolute Gasteiger partial charge is 0.252 e. The summed E-state index contributed by atoms with van der Waals surface area (Å²) in [4.78, 5) is 19.5. The number of rotatable bonds is 6. The number of hydrogen-bond acceptors (Lipinski definition) is 4. The van der Waals surface area contributed by atoms with Gasteiger partial charge in [-0.05, 0) is 90.4 Å². The van der Waals surface area contributed by atoms with Gasteiger partial charge in [0, 0.05) is 47.2 Å². The zero-order valence-corrected chi connectivity index (χ0v) is 22.9. The number of phenols is 1. The molecule has 208 valence electrons. The molecule has 6 rings (SSSR count). The monoisotopic (exact) mass is 548 g/mol.